The number of halogens is 3. The smallest absolute Gasteiger partial charge is 0.274 e. The summed E-state index contributed by atoms with van der Waals surface area (Å²) >= 11 is 8.96. The molecule has 9 heteroatoms. The Balaban J connectivity index is 1.62. The lowest BCUT2D eigenvalue weighted by Crippen LogP contribution is -2.29. The second kappa shape index (κ2) is 8.85. The van der Waals surface area contributed by atoms with Crippen molar-refractivity contribution in [2.24, 2.45) is 4.99 Å². The van der Waals surface area contributed by atoms with Crippen molar-refractivity contribution in [3.63, 3.8) is 0 Å². The Morgan fingerprint density at radius 3 is 2.27 bits per heavy atom. The summed E-state index contributed by atoms with van der Waals surface area (Å²) in [7, 11) is 0. The van der Waals surface area contributed by atoms with Gasteiger partial charge in [0.15, 0.2) is 5.17 Å². The number of amides is 1. The van der Waals surface area contributed by atoms with Gasteiger partial charge in [0, 0.05) is 16.5 Å². The van der Waals surface area contributed by atoms with E-state index in [0.717, 1.165) is 15.6 Å². The van der Waals surface area contributed by atoms with Crippen LogP contribution in [0.4, 0.5) is 25.8 Å². The van der Waals surface area contributed by atoms with Crippen molar-refractivity contribution in [2.45, 2.75) is 11.8 Å². The Labute approximate surface area is 202 Å². The molecule has 0 unspecified atom stereocenters. The minimum absolute atomic E-state index is 0.257. The fourth-order valence-corrected chi connectivity index (χ4v) is 6.10. The minimum atomic E-state index is -0.399. The summed E-state index contributed by atoms with van der Waals surface area (Å²) in [5.74, 6) is -1.03. The highest BCUT2D eigenvalue weighted by molar-refractivity contribution is 8.20. The zero-order valence-electron chi connectivity index (χ0n) is 17.3. The summed E-state index contributed by atoms with van der Waals surface area (Å²) in [6, 6.07) is 17.0. The number of anilines is 2. The van der Waals surface area contributed by atoms with Gasteiger partial charge >= 0.3 is 0 Å². The largest absolute Gasteiger partial charge is 0.334 e. The van der Waals surface area contributed by atoms with Crippen molar-refractivity contribution < 1.29 is 13.6 Å². The van der Waals surface area contributed by atoms with Gasteiger partial charge in [-0.05, 0) is 85.4 Å². The number of thioether (sulfide) groups is 2. The van der Waals surface area contributed by atoms with Gasteiger partial charge in [0.25, 0.3) is 5.91 Å². The topological polar surface area (TPSA) is 35.9 Å². The maximum absolute atomic E-state index is 13.7. The summed E-state index contributed by atoms with van der Waals surface area (Å²) in [6.45, 7) is 2.65. The van der Waals surface area contributed by atoms with Crippen molar-refractivity contribution in [2.75, 3.05) is 16.3 Å². The van der Waals surface area contributed by atoms with Gasteiger partial charge in [-0.2, -0.15) is 0 Å². The molecule has 3 aromatic rings. The molecular weight excluding hydrogens is 484 g/mol. The molecule has 0 aliphatic carbocycles. The first-order chi connectivity index (χ1) is 15.9. The molecular formula is C24H16ClF2N3OS2. The van der Waals surface area contributed by atoms with Crippen LogP contribution in [0.3, 0.4) is 0 Å². The predicted molar refractivity (Wildman–Crippen MR) is 132 cm³/mol. The molecule has 1 fully saturated rings. The zero-order valence-corrected chi connectivity index (χ0v) is 19.6. The lowest BCUT2D eigenvalue weighted by Gasteiger charge is -2.19. The minimum Gasteiger partial charge on any atom is -0.334 e. The van der Waals surface area contributed by atoms with Crippen LogP contribution in [0.25, 0.3) is 0 Å². The molecule has 0 N–H and O–H groups in total. The third kappa shape index (κ3) is 4.14. The molecule has 0 radical (unpaired) electrons. The molecule has 33 heavy (non-hydrogen) atoms. The van der Waals surface area contributed by atoms with Gasteiger partial charge < -0.3 is 4.90 Å². The van der Waals surface area contributed by atoms with Gasteiger partial charge in [0.2, 0.25) is 0 Å². The number of benzene rings is 3. The van der Waals surface area contributed by atoms with Crippen LogP contribution in [0.5, 0.6) is 0 Å². The van der Waals surface area contributed by atoms with Crippen molar-refractivity contribution in [3.8, 4) is 0 Å². The summed E-state index contributed by atoms with van der Waals surface area (Å²) < 4.78 is 26.9. The van der Waals surface area contributed by atoms with Gasteiger partial charge in [-0.15, -0.1) is 0 Å². The highest BCUT2D eigenvalue weighted by Crippen LogP contribution is 2.51. The van der Waals surface area contributed by atoms with Crippen molar-refractivity contribution >= 4 is 63.3 Å². The third-order valence-corrected chi connectivity index (χ3v) is 7.67. The number of carbonyl (C=O) groups is 1. The van der Waals surface area contributed by atoms with Gasteiger partial charge in [-0.3, -0.25) is 9.69 Å². The standard InChI is InChI=1S/C24H16ClF2N3OS2/c1-2-29-19-13-14(25)3-12-20(19)32-23(29)21-22(31)30(18-10-6-16(27)7-11-18)24(33-21)28-17-8-4-15(26)5-9-17/h3-13H,2H2,1H3. The molecule has 1 saturated heterocycles. The van der Waals surface area contributed by atoms with E-state index in [1.165, 1.54) is 64.8 Å². The Hall–Kier alpha value is -2.81. The maximum Gasteiger partial charge on any atom is 0.274 e. The number of rotatable bonds is 3. The molecule has 0 bridgehead atoms. The number of hydrogen-bond donors (Lipinski definition) is 0. The van der Waals surface area contributed by atoms with E-state index < -0.39 is 5.82 Å². The molecule has 2 aliphatic rings. The molecule has 0 atom stereocenters. The Morgan fingerprint density at radius 2 is 1.61 bits per heavy atom. The molecule has 4 nitrogen and oxygen atoms in total. The van der Waals surface area contributed by atoms with Crippen LogP contribution in [0.1, 0.15) is 6.92 Å². The summed E-state index contributed by atoms with van der Waals surface area (Å²) in [5.41, 5.74) is 1.95. The quantitative estimate of drug-likeness (QED) is 0.357. The van der Waals surface area contributed by atoms with Crippen LogP contribution >= 0.6 is 35.1 Å². The Bertz CT molecular complexity index is 1310. The SMILES string of the molecule is CCN1C(=C2SC(=Nc3ccc(F)cc3)N(c3ccc(F)cc3)C2=O)Sc2ccc(Cl)cc21. The second-order valence-electron chi connectivity index (χ2n) is 7.18. The first-order valence-corrected chi connectivity index (χ1v) is 12.1. The average molecular weight is 500 g/mol. The van der Waals surface area contributed by atoms with E-state index in [9.17, 15) is 13.6 Å². The predicted octanol–water partition coefficient (Wildman–Crippen LogP) is 7.19. The zero-order chi connectivity index (χ0) is 23.1. The lowest BCUT2D eigenvalue weighted by atomic mass is 10.2. The van der Waals surface area contributed by atoms with Crippen molar-refractivity contribution in [1.82, 2.24) is 0 Å². The van der Waals surface area contributed by atoms with Gasteiger partial charge in [0.05, 0.1) is 17.1 Å². The van der Waals surface area contributed by atoms with Crippen molar-refractivity contribution in [3.05, 3.63) is 93.3 Å². The summed E-state index contributed by atoms with van der Waals surface area (Å²) in [5, 5.41) is 1.82. The number of fused-ring (bicyclic) bond motifs is 1. The summed E-state index contributed by atoms with van der Waals surface area (Å²) in [4.78, 5) is 23.3. The first-order valence-electron chi connectivity index (χ1n) is 10.1. The third-order valence-electron chi connectivity index (χ3n) is 5.09. The molecule has 0 spiro atoms. The van der Waals surface area contributed by atoms with Crippen LogP contribution in [-0.2, 0) is 4.79 Å². The molecule has 166 valence electrons. The fourth-order valence-electron chi connectivity index (χ4n) is 3.56. The van der Waals surface area contributed by atoms with Gasteiger partial charge in [-0.25, -0.2) is 13.8 Å². The van der Waals surface area contributed by atoms with E-state index in [0.29, 0.717) is 33.0 Å². The van der Waals surface area contributed by atoms with E-state index in [2.05, 4.69) is 9.89 Å². The highest BCUT2D eigenvalue weighted by atomic mass is 35.5. The van der Waals surface area contributed by atoms with Crippen LogP contribution in [0.2, 0.25) is 5.02 Å². The van der Waals surface area contributed by atoms with E-state index >= 15 is 0 Å². The first kappa shape index (κ1) is 22.0. The van der Waals surface area contributed by atoms with Crippen LogP contribution in [0, 0.1) is 11.6 Å². The van der Waals surface area contributed by atoms with Crippen LogP contribution < -0.4 is 9.80 Å². The fraction of sp³-hybridized carbons (Fsp3) is 0.0833. The van der Waals surface area contributed by atoms with Crippen LogP contribution in [-0.4, -0.2) is 17.6 Å². The number of nitrogens with zero attached hydrogens (tertiary/aromatic N) is 3. The lowest BCUT2D eigenvalue weighted by molar-refractivity contribution is -0.113. The second-order valence-corrected chi connectivity index (χ2v) is 9.63. The molecule has 2 heterocycles. The monoisotopic (exact) mass is 499 g/mol. The molecule has 0 saturated carbocycles. The normalized spacial score (nSPS) is 19.0. The van der Waals surface area contributed by atoms with Gasteiger partial charge in [-0.1, -0.05) is 23.4 Å². The van der Waals surface area contributed by atoms with Gasteiger partial charge in [0.1, 0.15) is 21.6 Å². The molecule has 0 aromatic heterocycles. The highest BCUT2D eigenvalue weighted by Gasteiger charge is 2.40. The van der Waals surface area contributed by atoms with E-state index in [1.54, 1.807) is 12.1 Å². The number of aliphatic imine (C=N–C) groups is 1. The molecule has 3 aromatic carbocycles. The van der Waals surface area contributed by atoms with E-state index in [1.807, 2.05) is 25.1 Å². The molecule has 1 amide bonds. The Morgan fingerprint density at radius 1 is 0.939 bits per heavy atom. The van der Waals surface area contributed by atoms with Crippen LogP contribution in [0.15, 0.2) is 86.6 Å². The van der Waals surface area contributed by atoms with E-state index in [-0.39, 0.29) is 11.7 Å². The molecule has 5 rings (SSSR count). The number of carbonyl (C=O) groups excluding carboxylic acids is 1. The molecule has 2 aliphatic heterocycles. The van der Waals surface area contributed by atoms with Crippen molar-refractivity contribution in [1.29, 1.82) is 0 Å². The number of amidine groups is 1. The summed E-state index contributed by atoms with van der Waals surface area (Å²) in [6.07, 6.45) is 0. The van der Waals surface area contributed by atoms with E-state index in [4.69, 9.17) is 11.6 Å². The Kier molecular flexibility index (Phi) is 5.90. The average Bonchev–Trinajstić information content (AvgIpc) is 3.32. The number of hydrogen-bond acceptors (Lipinski definition) is 5. The maximum atomic E-state index is 13.7.